The van der Waals surface area contributed by atoms with Crippen LogP contribution in [0, 0.1) is 5.41 Å². The molecule has 0 atom stereocenters. The third kappa shape index (κ3) is 3.58. The van der Waals surface area contributed by atoms with E-state index in [9.17, 15) is 4.79 Å². The Balaban J connectivity index is 1.94. The number of rotatable bonds is 5. The van der Waals surface area contributed by atoms with Crippen LogP contribution >= 0.6 is 23.6 Å². The Morgan fingerprint density at radius 3 is 2.60 bits per heavy atom. The fourth-order valence-corrected chi connectivity index (χ4v) is 3.85. The summed E-state index contributed by atoms with van der Waals surface area (Å²) in [5.41, 5.74) is 5.30. The van der Waals surface area contributed by atoms with Crippen molar-refractivity contribution in [1.82, 2.24) is 5.32 Å². The molecule has 0 spiro atoms. The van der Waals surface area contributed by atoms with Gasteiger partial charge in [0, 0.05) is 11.4 Å². The van der Waals surface area contributed by atoms with Crippen LogP contribution in [0.5, 0.6) is 0 Å². The molecule has 3 nitrogen and oxygen atoms in total. The van der Waals surface area contributed by atoms with Gasteiger partial charge in [-0.05, 0) is 30.7 Å². The SMILES string of the molecule is NC(=S)C1(C(=O)NCCc2cccs2)CCCCCC1. The van der Waals surface area contributed by atoms with E-state index in [1.54, 1.807) is 11.3 Å². The lowest BCUT2D eigenvalue weighted by Gasteiger charge is -2.30. The predicted molar refractivity (Wildman–Crippen MR) is 88.0 cm³/mol. The lowest BCUT2D eigenvalue weighted by Crippen LogP contribution is -2.49. The summed E-state index contributed by atoms with van der Waals surface area (Å²) >= 11 is 6.93. The normalized spacial score (nSPS) is 18.2. The topological polar surface area (TPSA) is 55.1 Å². The average Bonchev–Trinajstić information content (AvgIpc) is 2.80. The molecule has 1 amide bonds. The summed E-state index contributed by atoms with van der Waals surface area (Å²) in [6.07, 6.45) is 6.89. The Labute approximate surface area is 129 Å². The largest absolute Gasteiger partial charge is 0.392 e. The molecule has 5 heteroatoms. The maximum absolute atomic E-state index is 12.6. The number of thiophene rings is 1. The minimum Gasteiger partial charge on any atom is -0.392 e. The van der Waals surface area contributed by atoms with Crippen LogP contribution < -0.4 is 11.1 Å². The van der Waals surface area contributed by atoms with Crippen LogP contribution in [0.25, 0.3) is 0 Å². The predicted octanol–water partition coefficient (Wildman–Crippen LogP) is 3.03. The Bertz CT molecular complexity index is 448. The molecule has 0 aromatic carbocycles. The van der Waals surface area contributed by atoms with Crippen LogP contribution in [0.4, 0.5) is 0 Å². The molecule has 20 heavy (non-hydrogen) atoms. The Hall–Kier alpha value is -0.940. The van der Waals surface area contributed by atoms with Gasteiger partial charge in [-0.1, -0.05) is 44.0 Å². The number of carbonyl (C=O) groups is 1. The van der Waals surface area contributed by atoms with E-state index < -0.39 is 5.41 Å². The second kappa shape index (κ2) is 7.18. The van der Waals surface area contributed by atoms with Gasteiger partial charge < -0.3 is 11.1 Å². The molecule has 0 aliphatic heterocycles. The molecule has 0 unspecified atom stereocenters. The molecule has 2 rings (SSSR count). The van der Waals surface area contributed by atoms with Crippen molar-refractivity contribution in [3.63, 3.8) is 0 Å². The molecule has 1 aliphatic carbocycles. The van der Waals surface area contributed by atoms with Gasteiger partial charge in [0.1, 0.15) is 0 Å². The molecule has 0 radical (unpaired) electrons. The molecule has 1 aliphatic rings. The van der Waals surface area contributed by atoms with Crippen molar-refractivity contribution in [2.45, 2.75) is 44.9 Å². The number of nitrogens with two attached hydrogens (primary N) is 1. The number of hydrogen-bond donors (Lipinski definition) is 2. The summed E-state index contributed by atoms with van der Waals surface area (Å²) in [6.45, 7) is 0.656. The number of hydrogen-bond acceptors (Lipinski definition) is 3. The minimum atomic E-state index is -0.610. The molecule has 0 saturated heterocycles. The van der Waals surface area contributed by atoms with Gasteiger partial charge in [-0.15, -0.1) is 11.3 Å². The maximum Gasteiger partial charge on any atom is 0.233 e. The highest BCUT2D eigenvalue weighted by Crippen LogP contribution is 2.35. The summed E-state index contributed by atoms with van der Waals surface area (Å²) in [5, 5.41) is 5.10. The van der Waals surface area contributed by atoms with E-state index in [0.717, 1.165) is 32.1 Å². The first-order valence-corrected chi connectivity index (χ1v) is 8.54. The zero-order valence-corrected chi connectivity index (χ0v) is 13.3. The van der Waals surface area contributed by atoms with E-state index in [2.05, 4.69) is 16.8 Å². The average molecular weight is 310 g/mol. The van der Waals surface area contributed by atoms with Gasteiger partial charge in [-0.3, -0.25) is 4.79 Å². The number of amides is 1. The van der Waals surface area contributed by atoms with Crippen LogP contribution in [-0.2, 0) is 11.2 Å². The van der Waals surface area contributed by atoms with Crippen molar-refractivity contribution in [2.24, 2.45) is 11.1 Å². The van der Waals surface area contributed by atoms with Crippen molar-refractivity contribution >= 4 is 34.5 Å². The van der Waals surface area contributed by atoms with E-state index in [-0.39, 0.29) is 5.91 Å². The van der Waals surface area contributed by atoms with Gasteiger partial charge in [0.15, 0.2) is 0 Å². The third-order valence-corrected chi connectivity index (χ3v) is 5.43. The fourth-order valence-electron chi connectivity index (χ4n) is 2.84. The van der Waals surface area contributed by atoms with Gasteiger partial charge in [0.2, 0.25) is 5.91 Å². The Kier molecular flexibility index (Phi) is 5.54. The van der Waals surface area contributed by atoms with Crippen molar-refractivity contribution in [3.8, 4) is 0 Å². The highest BCUT2D eigenvalue weighted by atomic mass is 32.1. The monoisotopic (exact) mass is 310 g/mol. The van der Waals surface area contributed by atoms with Crippen LogP contribution in [0.15, 0.2) is 17.5 Å². The van der Waals surface area contributed by atoms with Gasteiger partial charge in [0.25, 0.3) is 0 Å². The summed E-state index contributed by atoms with van der Waals surface area (Å²) in [7, 11) is 0. The molecule has 1 fully saturated rings. The molecule has 1 saturated carbocycles. The minimum absolute atomic E-state index is 0.0310. The van der Waals surface area contributed by atoms with Gasteiger partial charge >= 0.3 is 0 Å². The van der Waals surface area contributed by atoms with Crippen molar-refractivity contribution in [2.75, 3.05) is 6.54 Å². The first-order chi connectivity index (χ1) is 9.65. The highest BCUT2D eigenvalue weighted by molar-refractivity contribution is 7.80. The van der Waals surface area contributed by atoms with Crippen LogP contribution in [0.1, 0.15) is 43.4 Å². The Morgan fingerprint density at radius 1 is 1.35 bits per heavy atom. The molecule has 0 bridgehead atoms. The smallest absolute Gasteiger partial charge is 0.233 e. The van der Waals surface area contributed by atoms with Gasteiger partial charge in [-0.2, -0.15) is 0 Å². The first-order valence-electron chi connectivity index (χ1n) is 7.26. The standard InChI is InChI=1S/C15H22N2OS2/c16-13(19)15(8-3-1-2-4-9-15)14(18)17-10-7-12-6-5-11-20-12/h5-6,11H,1-4,7-10H2,(H2,16,19)(H,17,18). The zero-order chi connectivity index (χ0) is 14.4. The molecule has 1 aromatic rings. The molecule has 1 aromatic heterocycles. The molecular formula is C15H22N2OS2. The van der Waals surface area contributed by atoms with Crippen molar-refractivity contribution < 1.29 is 4.79 Å². The maximum atomic E-state index is 12.6. The molecule has 1 heterocycles. The first kappa shape index (κ1) is 15.4. The number of carbonyl (C=O) groups excluding carboxylic acids is 1. The lowest BCUT2D eigenvalue weighted by molar-refractivity contribution is -0.128. The van der Waals surface area contributed by atoms with Gasteiger partial charge in [-0.25, -0.2) is 0 Å². The summed E-state index contributed by atoms with van der Waals surface area (Å²) in [4.78, 5) is 14.2. The van der Waals surface area contributed by atoms with E-state index in [1.807, 2.05) is 6.07 Å². The summed E-state index contributed by atoms with van der Waals surface area (Å²) < 4.78 is 0. The van der Waals surface area contributed by atoms with Crippen LogP contribution in [0.2, 0.25) is 0 Å². The van der Waals surface area contributed by atoms with Crippen molar-refractivity contribution in [3.05, 3.63) is 22.4 Å². The van der Waals surface area contributed by atoms with Crippen molar-refractivity contribution in [1.29, 1.82) is 0 Å². The zero-order valence-electron chi connectivity index (χ0n) is 11.7. The van der Waals surface area contributed by atoms with Crippen LogP contribution in [0.3, 0.4) is 0 Å². The summed E-state index contributed by atoms with van der Waals surface area (Å²) in [5.74, 6) is 0.0310. The third-order valence-electron chi connectivity index (χ3n) is 4.10. The highest BCUT2D eigenvalue weighted by Gasteiger charge is 2.41. The van der Waals surface area contributed by atoms with Crippen LogP contribution in [-0.4, -0.2) is 17.4 Å². The molecular weight excluding hydrogens is 288 g/mol. The van der Waals surface area contributed by atoms with E-state index in [4.69, 9.17) is 18.0 Å². The fraction of sp³-hybridized carbons (Fsp3) is 0.600. The second-order valence-corrected chi connectivity index (χ2v) is 6.92. The van der Waals surface area contributed by atoms with E-state index in [0.29, 0.717) is 11.5 Å². The number of thiocarbonyl (C=S) groups is 1. The lowest BCUT2D eigenvalue weighted by atomic mass is 9.79. The molecule has 3 N–H and O–H groups in total. The Morgan fingerprint density at radius 2 is 2.05 bits per heavy atom. The number of nitrogens with one attached hydrogen (secondary N) is 1. The van der Waals surface area contributed by atoms with Gasteiger partial charge in [0.05, 0.1) is 10.4 Å². The second-order valence-electron chi connectivity index (χ2n) is 5.45. The van der Waals surface area contributed by atoms with E-state index >= 15 is 0 Å². The quantitative estimate of drug-likeness (QED) is 0.649. The summed E-state index contributed by atoms with van der Waals surface area (Å²) in [6, 6.07) is 4.12. The molecule has 110 valence electrons. The van der Waals surface area contributed by atoms with E-state index in [1.165, 1.54) is 17.7 Å².